The van der Waals surface area contributed by atoms with Gasteiger partial charge in [0.15, 0.2) is 0 Å². The third kappa shape index (κ3) is 5.36. The molecule has 1 heteroatoms. The molecule has 0 radical (unpaired) electrons. The second-order valence-corrected chi connectivity index (χ2v) is 4.86. The normalized spacial score (nSPS) is 12.9. The Morgan fingerprint density at radius 1 is 1.00 bits per heavy atom. The van der Waals surface area contributed by atoms with E-state index in [0.29, 0.717) is 6.04 Å². The molecule has 0 spiro atoms. The predicted octanol–water partition coefficient (Wildman–Crippen LogP) is 4.03. The van der Waals surface area contributed by atoms with Gasteiger partial charge in [0.2, 0.25) is 0 Å². The molecular weight excluding hydrogens is 206 g/mol. The van der Waals surface area contributed by atoms with Crippen molar-refractivity contribution < 1.29 is 0 Å². The van der Waals surface area contributed by atoms with Crippen molar-refractivity contribution in [3.05, 3.63) is 35.9 Å². The monoisotopic (exact) mass is 233 g/mol. The summed E-state index contributed by atoms with van der Waals surface area (Å²) >= 11 is 0. The minimum atomic E-state index is 0.632. The molecule has 1 unspecified atom stereocenters. The number of nitrogens with one attached hydrogen (secondary N) is 1. The molecule has 0 aliphatic carbocycles. The highest BCUT2D eigenvalue weighted by Crippen LogP contribution is 2.17. The fraction of sp³-hybridized carbons (Fsp3) is 0.625. The van der Waals surface area contributed by atoms with E-state index in [-0.39, 0.29) is 0 Å². The van der Waals surface area contributed by atoms with Gasteiger partial charge in [-0.05, 0) is 30.9 Å². The molecule has 1 N–H and O–H groups in total. The SMILES string of the molecule is CCNC(Cc1ccccc1)CC(CC)CC. The Balaban J connectivity index is 2.53. The molecule has 1 rings (SSSR count). The van der Waals surface area contributed by atoms with Crippen LogP contribution in [0.5, 0.6) is 0 Å². The fourth-order valence-electron chi connectivity index (χ4n) is 2.45. The van der Waals surface area contributed by atoms with Crippen molar-refractivity contribution in [1.82, 2.24) is 5.32 Å². The van der Waals surface area contributed by atoms with Gasteiger partial charge < -0.3 is 5.32 Å². The maximum Gasteiger partial charge on any atom is 0.0110 e. The van der Waals surface area contributed by atoms with Gasteiger partial charge in [-0.15, -0.1) is 0 Å². The van der Waals surface area contributed by atoms with Crippen LogP contribution >= 0.6 is 0 Å². The molecule has 0 heterocycles. The molecule has 0 aliphatic rings. The first-order valence-electron chi connectivity index (χ1n) is 7.07. The molecule has 0 aliphatic heterocycles. The van der Waals surface area contributed by atoms with Crippen LogP contribution < -0.4 is 5.32 Å². The largest absolute Gasteiger partial charge is 0.314 e. The predicted molar refractivity (Wildman–Crippen MR) is 76.3 cm³/mol. The van der Waals surface area contributed by atoms with Gasteiger partial charge in [0.1, 0.15) is 0 Å². The van der Waals surface area contributed by atoms with Crippen molar-refractivity contribution in [2.45, 2.75) is 52.5 Å². The minimum Gasteiger partial charge on any atom is -0.314 e. The van der Waals surface area contributed by atoms with Crippen LogP contribution in [0.2, 0.25) is 0 Å². The van der Waals surface area contributed by atoms with E-state index < -0.39 is 0 Å². The molecule has 0 saturated heterocycles. The third-order valence-corrected chi connectivity index (χ3v) is 3.59. The Morgan fingerprint density at radius 2 is 1.65 bits per heavy atom. The van der Waals surface area contributed by atoms with Gasteiger partial charge in [-0.25, -0.2) is 0 Å². The fourth-order valence-corrected chi connectivity index (χ4v) is 2.45. The van der Waals surface area contributed by atoms with Crippen LogP contribution in [-0.2, 0) is 6.42 Å². The quantitative estimate of drug-likeness (QED) is 0.714. The lowest BCUT2D eigenvalue weighted by atomic mass is 9.91. The topological polar surface area (TPSA) is 12.0 Å². The number of rotatable bonds is 8. The summed E-state index contributed by atoms with van der Waals surface area (Å²) in [5, 5.41) is 3.63. The average molecular weight is 233 g/mol. The highest BCUT2D eigenvalue weighted by Gasteiger charge is 2.13. The van der Waals surface area contributed by atoms with Crippen molar-refractivity contribution in [2.75, 3.05) is 6.54 Å². The van der Waals surface area contributed by atoms with Crippen molar-refractivity contribution in [3.8, 4) is 0 Å². The molecule has 0 amide bonds. The van der Waals surface area contributed by atoms with Gasteiger partial charge in [-0.2, -0.15) is 0 Å². The molecule has 17 heavy (non-hydrogen) atoms. The molecule has 0 bridgehead atoms. The Labute approximate surface area is 107 Å². The molecular formula is C16H27N. The number of hydrogen-bond acceptors (Lipinski definition) is 1. The van der Waals surface area contributed by atoms with Gasteiger partial charge in [0.05, 0.1) is 0 Å². The Hall–Kier alpha value is -0.820. The zero-order chi connectivity index (χ0) is 12.5. The lowest BCUT2D eigenvalue weighted by Crippen LogP contribution is -2.33. The first-order chi connectivity index (χ1) is 8.30. The Bertz CT molecular complexity index is 277. The number of benzene rings is 1. The van der Waals surface area contributed by atoms with Crippen LogP contribution in [-0.4, -0.2) is 12.6 Å². The molecule has 1 aromatic rings. The summed E-state index contributed by atoms with van der Waals surface area (Å²) in [5.41, 5.74) is 1.45. The van der Waals surface area contributed by atoms with E-state index in [1.165, 1.54) is 24.8 Å². The Morgan fingerprint density at radius 3 is 2.18 bits per heavy atom. The van der Waals surface area contributed by atoms with E-state index in [4.69, 9.17) is 0 Å². The summed E-state index contributed by atoms with van der Waals surface area (Å²) in [6.07, 6.45) is 5.06. The number of likely N-dealkylation sites (N-methyl/N-ethyl adjacent to an activating group) is 1. The summed E-state index contributed by atoms with van der Waals surface area (Å²) < 4.78 is 0. The lowest BCUT2D eigenvalue weighted by molar-refractivity contribution is 0.367. The van der Waals surface area contributed by atoms with Crippen molar-refractivity contribution in [1.29, 1.82) is 0 Å². The van der Waals surface area contributed by atoms with Crippen LogP contribution in [0.25, 0.3) is 0 Å². The number of hydrogen-bond donors (Lipinski definition) is 1. The van der Waals surface area contributed by atoms with E-state index in [9.17, 15) is 0 Å². The molecule has 1 aromatic carbocycles. The molecule has 96 valence electrons. The summed E-state index contributed by atoms with van der Waals surface area (Å²) in [7, 11) is 0. The van der Waals surface area contributed by atoms with Gasteiger partial charge in [-0.3, -0.25) is 0 Å². The maximum atomic E-state index is 3.63. The summed E-state index contributed by atoms with van der Waals surface area (Å²) in [6, 6.07) is 11.5. The first kappa shape index (κ1) is 14.2. The maximum absolute atomic E-state index is 3.63. The van der Waals surface area contributed by atoms with Gasteiger partial charge in [-0.1, -0.05) is 63.9 Å². The molecule has 0 saturated carbocycles. The first-order valence-corrected chi connectivity index (χ1v) is 7.07. The summed E-state index contributed by atoms with van der Waals surface area (Å²) in [5.74, 6) is 0.864. The van der Waals surface area contributed by atoms with Crippen LogP contribution in [0.1, 0.15) is 45.6 Å². The molecule has 1 atom stereocenters. The Kier molecular flexibility index (Phi) is 6.95. The van der Waals surface area contributed by atoms with Gasteiger partial charge >= 0.3 is 0 Å². The minimum absolute atomic E-state index is 0.632. The van der Waals surface area contributed by atoms with Crippen molar-refractivity contribution in [2.24, 2.45) is 5.92 Å². The zero-order valence-corrected chi connectivity index (χ0v) is 11.6. The lowest BCUT2D eigenvalue weighted by Gasteiger charge is -2.22. The van der Waals surface area contributed by atoms with Gasteiger partial charge in [0.25, 0.3) is 0 Å². The van der Waals surface area contributed by atoms with E-state index in [2.05, 4.69) is 56.4 Å². The second-order valence-electron chi connectivity index (χ2n) is 4.86. The van der Waals surface area contributed by atoms with Crippen LogP contribution in [0.3, 0.4) is 0 Å². The molecule has 1 nitrogen and oxygen atoms in total. The van der Waals surface area contributed by atoms with Crippen LogP contribution in [0, 0.1) is 5.92 Å². The zero-order valence-electron chi connectivity index (χ0n) is 11.6. The second kappa shape index (κ2) is 8.30. The van der Waals surface area contributed by atoms with E-state index in [1.807, 2.05) is 0 Å². The standard InChI is InChI=1S/C16H27N/c1-4-14(5-2)12-16(17-6-3)13-15-10-8-7-9-11-15/h7-11,14,16-17H,4-6,12-13H2,1-3H3. The molecule has 0 fully saturated rings. The summed E-state index contributed by atoms with van der Waals surface area (Å²) in [6.45, 7) is 7.88. The van der Waals surface area contributed by atoms with E-state index in [0.717, 1.165) is 18.9 Å². The van der Waals surface area contributed by atoms with Crippen LogP contribution in [0.15, 0.2) is 30.3 Å². The molecule has 0 aromatic heterocycles. The third-order valence-electron chi connectivity index (χ3n) is 3.59. The smallest absolute Gasteiger partial charge is 0.0110 e. The van der Waals surface area contributed by atoms with Gasteiger partial charge in [0, 0.05) is 6.04 Å². The van der Waals surface area contributed by atoms with E-state index >= 15 is 0 Å². The van der Waals surface area contributed by atoms with E-state index in [1.54, 1.807) is 0 Å². The van der Waals surface area contributed by atoms with Crippen molar-refractivity contribution in [3.63, 3.8) is 0 Å². The van der Waals surface area contributed by atoms with Crippen molar-refractivity contribution >= 4 is 0 Å². The van der Waals surface area contributed by atoms with Crippen LogP contribution in [0.4, 0.5) is 0 Å². The summed E-state index contributed by atoms with van der Waals surface area (Å²) in [4.78, 5) is 0. The highest BCUT2D eigenvalue weighted by atomic mass is 14.9. The average Bonchev–Trinajstić information content (AvgIpc) is 2.37. The highest BCUT2D eigenvalue weighted by molar-refractivity contribution is 5.15.